The summed E-state index contributed by atoms with van der Waals surface area (Å²) in [5.74, 6) is -0.202. The lowest BCUT2D eigenvalue weighted by atomic mass is 10.1. The number of ether oxygens (including phenoxy) is 1. The number of rotatable bonds is 11. The van der Waals surface area contributed by atoms with Gasteiger partial charge in [0.1, 0.15) is 6.61 Å². The molecule has 0 radical (unpaired) electrons. The summed E-state index contributed by atoms with van der Waals surface area (Å²) in [6, 6.07) is 27.9. The summed E-state index contributed by atoms with van der Waals surface area (Å²) in [6.07, 6.45) is 0.309. The maximum atomic E-state index is 12.1. The summed E-state index contributed by atoms with van der Waals surface area (Å²) >= 11 is 0. The fourth-order valence-electron chi connectivity index (χ4n) is 3.59. The number of hydrogen-bond donors (Lipinski definition) is 2. The average molecular weight is 446 g/mol. The van der Waals surface area contributed by atoms with Crippen molar-refractivity contribution in [1.82, 2.24) is 15.5 Å². The van der Waals surface area contributed by atoms with Crippen molar-refractivity contribution in [1.29, 1.82) is 0 Å². The Morgan fingerprint density at radius 3 is 2.00 bits per heavy atom. The van der Waals surface area contributed by atoms with Crippen LogP contribution in [0.4, 0.5) is 4.79 Å². The normalized spacial score (nSPS) is 10.6. The number of carbonyl (C=O) groups is 2. The largest absolute Gasteiger partial charge is 0.445 e. The van der Waals surface area contributed by atoms with Crippen molar-refractivity contribution in [2.45, 2.75) is 26.1 Å². The van der Waals surface area contributed by atoms with Crippen molar-refractivity contribution < 1.29 is 14.3 Å². The minimum absolute atomic E-state index is 0.0452. The summed E-state index contributed by atoms with van der Waals surface area (Å²) < 4.78 is 5.32. The van der Waals surface area contributed by atoms with Crippen LogP contribution in [0.1, 0.15) is 33.5 Å². The predicted octanol–water partition coefficient (Wildman–Crippen LogP) is 4.36. The van der Waals surface area contributed by atoms with Gasteiger partial charge in [-0.25, -0.2) is 4.79 Å². The van der Waals surface area contributed by atoms with Crippen molar-refractivity contribution in [3.05, 3.63) is 107 Å². The van der Waals surface area contributed by atoms with Gasteiger partial charge in [0.25, 0.3) is 5.91 Å². The molecule has 0 bridgehead atoms. The highest BCUT2D eigenvalue weighted by Crippen LogP contribution is 2.11. The molecule has 0 atom stereocenters. The Morgan fingerprint density at radius 1 is 0.818 bits per heavy atom. The molecule has 3 rings (SSSR count). The molecule has 172 valence electrons. The first-order valence-corrected chi connectivity index (χ1v) is 11.2. The van der Waals surface area contributed by atoms with Crippen molar-refractivity contribution >= 4 is 12.0 Å². The van der Waals surface area contributed by atoms with Gasteiger partial charge in [0.05, 0.1) is 0 Å². The minimum Gasteiger partial charge on any atom is -0.445 e. The van der Waals surface area contributed by atoms with Gasteiger partial charge >= 0.3 is 6.09 Å². The Balaban J connectivity index is 1.46. The Bertz CT molecular complexity index is 968. The highest BCUT2D eigenvalue weighted by molar-refractivity contribution is 5.95. The van der Waals surface area contributed by atoms with Gasteiger partial charge in [-0.15, -0.1) is 0 Å². The summed E-state index contributed by atoms with van der Waals surface area (Å²) in [4.78, 5) is 26.5. The Morgan fingerprint density at radius 2 is 1.39 bits per heavy atom. The van der Waals surface area contributed by atoms with Crippen LogP contribution in [0.25, 0.3) is 0 Å². The lowest BCUT2D eigenvalue weighted by Gasteiger charge is -2.22. The highest BCUT2D eigenvalue weighted by Gasteiger charge is 2.12. The molecule has 3 aromatic carbocycles. The monoisotopic (exact) mass is 445 g/mol. The molecular formula is C27H31N3O3. The second kappa shape index (κ2) is 13.0. The van der Waals surface area contributed by atoms with Crippen LogP contribution < -0.4 is 10.6 Å². The zero-order valence-electron chi connectivity index (χ0n) is 19.0. The molecule has 0 fully saturated rings. The molecule has 2 N–H and O–H groups in total. The van der Waals surface area contributed by atoms with E-state index in [-0.39, 0.29) is 12.5 Å². The van der Waals surface area contributed by atoms with E-state index in [0.717, 1.165) is 26.1 Å². The number of benzene rings is 3. The summed E-state index contributed by atoms with van der Waals surface area (Å²) in [5.41, 5.74) is 3.69. The number of hydrogen-bond acceptors (Lipinski definition) is 4. The van der Waals surface area contributed by atoms with Crippen LogP contribution in [0.3, 0.4) is 0 Å². The third kappa shape index (κ3) is 8.09. The fraction of sp³-hybridized carbons (Fsp3) is 0.259. The number of carbonyl (C=O) groups excluding carboxylic acids is 2. The molecule has 0 heterocycles. The standard InChI is InChI=1S/C27H31N3O3/c1-28-26(31)25-16-9-8-15-24(25)21-33-27(32)29-17-10-18-30(19-22-11-4-2-5-12-22)20-23-13-6-3-7-14-23/h2-9,11-16H,10,17-21H2,1H3,(H,28,31)(H,29,32). The van der Waals surface area contributed by atoms with Crippen LogP contribution in [0.5, 0.6) is 0 Å². The van der Waals surface area contributed by atoms with E-state index in [0.29, 0.717) is 17.7 Å². The van der Waals surface area contributed by atoms with Gasteiger partial charge in [-0.05, 0) is 23.6 Å². The maximum absolute atomic E-state index is 12.1. The van der Waals surface area contributed by atoms with Gasteiger partial charge in [-0.2, -0.15) is 0 Å². The average Bonchev–Trinajstić information content (AvgIpc) is 2.86. The fourth-order valence-corrected chi connectivity index (χ4v) is 3.59. The molecule has 0 unspecified atom stereocenters. The van der Waals surface area contributed by atoms with Crippen molar-refractivity contribution in [2.24, 2.45) is 0 Å². The van der Waals surface area contributed by atoms with Crippen molar-refractivity contribution in [2.75, 3.05) is 20.1 Å². The van der Waals surface area contributed by atoms with Gasteiger partial charge in [0.15, 0.2) is 0 Å². The van der Waals surface area contributed by atoms with Gasteiger partial charge < -0.3 is 15.4 Å². The van der Waals surface area contributed by atoms with E-state index in [1.165, 1.54) is 11.1 Å². The van der Waals surface area contributed by atoms with Crippen molar-refractivity contribution in [3.8, 4) is 0 Å². The molecule has 0 spiro atoms. The van der Waals surface area contributed by atoms with Gasteiger partial charge in [-0.3, -0.25) is 9.69 Å². The van der Waals surface area contributed by atoms with E-state index in [4.69, 9.17) is 4.74 Å². The zero-order chi connectivity index (χ0) is 23.3. The molecule has 0 aromatic heterocycles. The SMILES string of the molecule is CNC(=O)c1ccccc1COC(=O)NCCCN(Cc1ccccc1)Cc1ccccc1. The quantitative estimate of drug-likeness (QED) is 0.430. The number of alkyl carbamates (subject to hydrolysis) is 1. The second-order valence-electron chi connectivity index (χ2n) is 7.77. The molecule has 0 aliphatic rings. The highest BCUT2D eigenvalue weighted by atomic mass is 16.5. The molecule has 0 saturated carbocycles. The number of amides is 2. The molecule has 3 aromatic rings. The van der Waals surface area contributed by atoms with E-state index in [2.05, 4.69) is 64.1 Å². The van der Waals surface area contributed by atoms with E-state index in [1.807, 2.05) is 18.2 Å². The van der Waals surface area contributed by atoms with E-state index >= 15 is 0 Å². The smallest absolute Gasteiger partial charge is 0.407 e. The Labute approximate surface area is 195 Å². The first-order valence-electron chi connectivity index (χ1n) is 11.2. The molecule has 33 heavy (non-hydrogen) atoms. The van der Waals surface area contributed by atoms with Crippen LogP contribution in [0.2, 0.25) is 0 Å². The molecule has 0 saturated heterocycles. The van der Waals surface area contributed by atoms with Gasteiger partial charge in [-0.1, -0.05) is 78.9 Å². The van der Waals surface area contributed by atoms with Crippen LogP contribution in [0.15, 0.2) is 84.9 Å². The van der Waals surface area contributed by atoms with Crippen LogP contribution >= 0.6 is 0 Å². The Hall–Kier alpha value is -3.64. The third-order valence-corrected chi connectivity index (χ3v) is 5.27. The van der Waals surface area contributed by atoms with E-state index in [9.17, 15) is 9.59 Å². The molecule has 6 heteroatoms. The number of nitrogens with one attached hydrogen (secondary N) is 2. The predicted molar refractivity (Wildman–Crippen MR) is 130 cm³/mol. The van der Waals surface area contributed by atoms with E-state index < -0.39 is 6.09 Å². The lowest BCUT2D eigenvalue weighted by Crippen LogP contribution is -2.30. The van der Waals surface area contributed by atoms with Crippen LogP contribution in [-0.2, 0) is 24.4 Å². The van der Waals surface area contributed by atoms with E-state index in [1.54, 1.807) is 25.2 Å². The van der Waals surface area contributed by atoms with Crippen LogP contribution in [0, 0.1) is 0 Å². The van der Waals surface area contributed by atoms with Gasteiger partial charge in [0, 0.05) is 44.4 Å². The minimum atomic E-state index is -0.487. The summed E-state index contributed by atoms with van der Waals surface area (Å²) in [5, 5.41) is 5.41. The van der Waals surface area contributed by atoms with Crippen LogP contribution in [-0.4, -0.2) is 37.0 Å². The summed E-state index contributed by atoms with van der Waals surface area (Å²) in [6.45, 7) is 3.08. The third-order valence-electron chi connectivity index (χ3n) is 5.27. The Kier molecular flexibility index (Phi) is 9.48. The second-order valence-corrected chi connectivity index (χ2v) is 7.77. The number of nitrogens with zero attached hydrogens (tertiary/aromatic N) is 1. The summed E-state index contributed by atoms with van der Waals surface area (Å²) in [7, 11) is 1.57. The molecule has 2 amide bonds. The maximum Gasteiger partial charge on any atom is 0.407 e. The zero-order valence-corrected chi connectivity index (χ0v) is 19.0. The first-order chi connectivity index (χ1) is 16.2. The lowest BCUT2D eigenvalue weighted by molar-refractivity contribution is 0.0956. The molecular weight excluding hydrogens is 414 g/mol. The molecule has 6 nitrogen and oxygen atoms in total. The van der Waals surface area contributed by atoms with Crippen molar-refractivity contribution in [3.63, 3.8) is 0 Å². The van der Waals surface area contributed by atoms with Gasteiger partial charge in [0.2, 0.25) is 0 Å². The molecule has 0 aliphatic carbocycles. The first kappa shape index (κ1) is 24.0. The topological polar surface area (TPSA) is 70.7 Å². The molecule has 0 aliphatic heterocycles.